The first-order chi connectivity index (χ1) is 13.3. The number of ether oxygens (including phenoxy) is 2. The fraction of sp³-hybridized carbons (Fsp3) is 0.318. The minimum atomic E-state index is -0.696. The van der Waals surface area contributed by atoms with Crippen molar-refractivity contribution in [2.45, 2.75) is 39.7 Å². The summed E-state index contributed by atoms with van der Waals surface area (Å²) in [6.07, 6.45) is -0.696. The molecule has 0 aliphatic carbocycles. The molecule has 0 unspecified atom stereocenters. The second-order valence-electron chi connectivity index (χ2n) is 7.06. The largest absolute Gasteiger partial charge is 0.482 e. The maximum Gasteiger partial charge on any atom is 0.344 e. The SMILES string of the molecule is Cc1cc(OCC(=O)O[C@@H](C)c2nc3ccccc3c(=O)[nH]2)ccc1C(C)C. The lowest BCUT2D eigenvalue weighted by atomic mass is 9.98. The number of aryl methyl sites for hydroxylation is 1. The van der Waals surface area contributed by atoms with Crippen molar-refractivity contribution < 1.29 is 14.3 Å². The quantitative estimate of drug-likeness (QED) is 0.653. The van der Waals surface area contributed by atoms with Crippen LogP contribution in [0.15, 0.2) is 47.3 Å². The molecule has 0 aliphatic heterocycles. The van der Waals surface area contributed by atoms with Gasteiger partial charge in [-0.15, -0.1) is 0 Å². The Kier molecular flexibility index (Phi) is 5.78. The molecule has 0 saturated carbocycles. The summed E-state index contributed by atoms with van der Waals surface area (Å²) in [5.41, 5.74) is 2.66. The highest BCUT2D eigenvalue weighted by molar-refractivity contribution is 5.77. The van der Waals surface area contributed by atoms with Crippen LogP contribution in [0.2, 0.25) is 0 Å². The number of esters is 1. The Morgan fingerprint density at radius 2 is 1.89 bits per heavy atom. The van der Waals surface area contributed by atoms with Crippen LogP contribution in [0.1, 0.15) is 49.7 Å². The molecule has 28 heavy (non-hydrogen) atoms. The van der Waals surface area contributed by atoms with Gasteiger partial charge in [0, 0.05) is 0 Å². The van der Waals surface area contributed by atoms with Crippen molar-refractivity contribution in [3.05, 3.63) is 69.8 Å². The van der Waals surface area contributed by atoms with Crippen molar-refractivity contribution in [2.75, 3.05) is 6.61 Å². The van der Waals surface area contributed by atoms with Gasteiger partial charge in [0.2, 0.25) is 0 Å². The van der Waals surface area contributed by atoms with Gasteiger partial charge in [-0.3, -0.25) is 4.79 Å². The van der Waals surface area contributed by atoms with Crippen LogP contribution in [0.5, 0.6) is 5.75 Å². The van der Waals surface area contributed by atoms with E-state index in [9.17, 15) is 9.59 Å². The Labute approximate surface area is 163 Å². The lowest BCUT2D eigenvalue weighted by Crippen LogP contribution is -2.20. The lowest BCUT2D eigenvalue weighted by Gasteiger charge is -2.14. The molecule has 3 rings (SSSR count). The Balaban J connectivity index is 1.63. The first kappa shape index (κ1) is 19.6. The highest BCUT2D eigenvalue weighted by atomic mass is 16.6. The molecule has 6 heteroatoms. The van der Waals surface area contributed by atoms with Crippen LogP contribution < -0.4 is 10.3 Å². The monoisotopic (exact) mass is 380 g/mol. The summed E-state index contributed by atoms with van der Waals surface area (Å²) in [6, 6.07) is 12.8. The maximum atomic E-state index is 12.1. The molecule has 1 atom stereocenters. The molecule has 1 heterocycles. The summed E-state index contributed by atoms with van der Waals surface area (Å²) in [5, 5.41) is 0.494. The first-order valence-corrected chi connectivity index (χ1v) is 9.27. The van der Waals surface area contributed by atoms with Crippen LogP contribution in [0.4, 0.5) is 0 Å². The van der Waals surface area contributed by atoms with Gasteiger partial charge >= 0.3 is 5.97 Å². The molecule has 0 saturated heterocycles. The number of fused-ring (bicyclic) bond motifs is 1. The number of benzene rings is 2. The second kappa shape index (κ2) is 8.25. The Hall–Kier alpha value is -3.15. The van der Waals surface area contributed by atoms with Gasteiger partial charge in [-0.05, 0) is 55.2 Å². The van der Waals surface area contributed by atoms with Crippen molar-refractivity contribution in [1.82, 2.24) is 9.97 Å². The Morgan fingerprint density at radius 3 is 2.61 bits per heavy atom. The number of para-hydroxylation sites is 1. The summed E-state index contributed by atoms with van der Waals surface area (Å²) in [4.78, 5) is 31.3. The average Bonchev–Trinajstić information content (AvgIpc) is 2.66. The van der Waals surface area contributed by atoms with Crippen LogP contribution in [0.25, 0.3) is 10.9 Å². The normalized spacial score (nSPS) is 12.2. The summed E-state index contributed by atoms with van der Waals surface area (Å²) < 4.78 is 10.9. The van der Waals surface area contributed by atoms with E-state index in [1.165, 1.54) is 5.56 Å². The number of nitrogens with zero attached hydrogens (tertiary/aromatic N) is 1. The number of carbonyl (C=O) groups is 1. The molecular formula is C22H24N2O4. The van der Waals surface area contributed by atoms with Crippen LogP contribution >= 0.6 is 0 Å². The second-order valence-corrected chi connectivity index (χ2v) is 7.06. The van der Waals surface area contributed by atoms with Crippen LogP contribution in [0, 0.1) is 6.92 Å². The van der Waals surface area contributed by atoms with Crippen molar-refractivity contribution in [1.29, 1.82) is 0 Å². The zero-order valence-electron chi connectivity index (χ0n) is 16.5. The molecule has 1 aromatic heterocycles. The Bertz CT molecular complexity index is 1060. The van der Waals surface area contributed by atoms with Crippen LogP contribution in [0.3, 0.4) is 0 Å². The molecular weight excluding hydrogens is 356 g/mol. The summed E-state index contributed by atoms with van der Waals surface area (Å²) in [6.45, 7) is 7.72. The van der Waals surface area contributed by atoms with E-state index in [2.05, 4.69) is 23.8 Å². The number of aromatic nitrogens is 2. The average molecular weight is 380 g/mol. The number of hydrogen-bond donors (Lipinski definition) is 1. The molecule has 0 radical (unpaired) electrons. The van der Waals surface area contributed by atoms with E-state index in [0.717, 1.165) is 5.56 Å². The lowest BCUT2D eigenvalue weighted by molar-refractivity contribution is -0.151. The number of carbonyl (C=O) groups excluding carboxylic acids is 1. The van der Waals surface area contributed by atoms with Gasteiger partial charge < -0.3 is 14.5 Å². The molecule has 2 aromatic carbocycles. The fourth-order valence-corrected chi connectivity index (χ4v) is 3.11. The molecule has 0 amide bonds. The fourth-order valence-electron chi connectivity index (χ4n) is 3.11. The number of rotatable bonds is 6. The smallest absolute Gasteiger partial charge is 0.344 e. The first-order valence-electron chi connectivity index (χ1n) is 9.27. The van der Waals surface area contributed by atoms with Gasteiger partial charge in [0.25, 0.3) is 5.56 Å². The van der Waals surface area contributed by atoms with Crippen molar-refractivity contribution in [2.24, 2.45) is 0 Å². The third-order valence-electron chi connectivity index (χ3n) is 4.54. The predicted octanol–water partition coefficient (Wildman–Crippen LogP) is 4.04. The van der Waals surface area contributed by atoms with Crippen LogP contribution in [-0.2, 0) is 9.53 Å². The molecule has 6 nitrogen and oxygen atoms in total. The van der Waals surface area contributed by atoms with Crippen LogP contribution in [-0.4, -0.2) is 22.5 Å². The van der Waals surface area contributed by atoms with Gasteiger partial charge in [0.15, 0.2) is 18.5 Å². The highest BCUT2D eigenvalue weighted by Crippen LogP contribution is 2.23. The molecule has 0 bridgehead atoms. The summed E-state index contributed by atoms with van der Waals surface area (Å²) in [5.74, 6) is 0.809. The van der Waals surface area contributed by atoms with E-state index in [1.807, 2.05) is 25.1 Å². The van der Waals surface area contributed by atoms with E-state index < -0.39 is 12.1 Å². The van der Waals surface area contributed by atoms with Gasteiger partial charge in [-0.25, -0.2) is 9.78 Å². The number of nitrogens with one attached hydrogen (secondary N) is 1. The topological polar surface area (TPSA) is 81.3 Å². The van der Waals surface area contributed by atoms with Gasteiger partial charge in [-0.2, -0.15) is 0 Å². The van der Waals surface area contributed by atoms with E-state index in [-0.39, 0.29) is 12.2 Å². The number of aromatic amines is 1. The summed E-state index contributed by atoms with van der Waals surface area (Å²) in [7, 11) is 0. The van der Waals surface area contributed by atoms with Gasteiger partial charge in [0.1, 0.15) is 5.75 Å². The molecule has 3 aromatic rings. The van der Waals surface area contributed by atoms with Gasteiger partial charge in [0.05, 0.1) is 10.9 Å². The summed E-state index contributed by atoms with van der Waals surface area (Å²) >= 11 is 0. The van der Waals surface area contributed by atoms with E-state index in [4.69, 9.17) is 9.47 Å². The van der Waals surface area contributed by atoms with Crippen molar-refractivity contribution in [3.8, 4) is 5.75 Å². The minimum Gasteiger partial charge on any atom is -0.482 e. The highest BCUT2D eigenvalue weighted by Gasteiger charge is 2.16. The third kappa shape index (κ3) is 4.39. The molecule has 0 aliphatic rings. The standard InChI is InChI=1S/C22H24N2O4/c1-13(2)17-10-9-16(11-14(17)3)27-12-20(25)28-15(4)21-23-19-8-6-5-7-18(19)22(26)24-21/h5-11,13,15H,12H2,1-4H3,(H,23,24,26)/t15-/m0/s1. The molecule has 146 valence electrons. The molecule has 0 fully saturated rings. The number of hydrogen-bond acceptors (Lipinski definition) is 5. The maximum absolute atomic E-state index is 12.1. The van der Waals surface area contributed by atoms with Crippen molar-refractivity contribution in [3.63, 3.8) is 0 Å². The third-order valence-corrected chi connectivity index (χ3v) is 4.54. The zero-order chi connectivity index (χ0) is 20.3. The number of H-pyrrole nitrogens is 1. The van der Waals surface area contributed by atoms with E-state index in [0.29, 0.717) is 28.4 Å². The van der Waals surface area contributed by atoms with E-state index in [1.54, 1.807) is 31.2 Å². The molecule has 1 N–H and O–H groups in total. The van der Waals surface area contributed by atoms with E-state index >= 15 is 0 Å². The Morgan fingerprint density at radius 1 is 1.14 bits per heavy atom. The predicted molar refractivity (Wildman–Crippen MR) is 108 cm³/mol. The zero-order valence-corrected chi connectivity index (χ0v) is 16.5. The van der Waals surface area contributed by atoms with Gasteiger partial charge in [-0.1, -0.05) is 32.0 Å². The minimum absolute atomic E-state index is 0.220. The molecule has 0 spiro atoms. The van der Waals surface area contributed by atoms with Crippen molar-refractivity contribution >= 4 is 16.9 Å².